The molecular formula is C20H16ClN3O7S. The molecule has 0 aliphatic rings. The molecule has 3 N–H and O–H groups in total. The number of aromatic hydroxyl groups is 1. The van der Waals surface area contributed by atoms with Crippen molar-refractivity contribution >= 4 is 44.6 Å². The number of carbonyl (C=O) groups excluding carboxylic acids is 1. The van der Waals surface area contributed by atoms with Gasteiger partial charge in [-0.25, -0.2) is 8.42 Å². The Balaban J connectivity index is 1.92. The molecule has 0 fully saturated rings. The molecule has 3 rings (SSSR count). The van der Waals surface area contributed by atoms with Crippen molar-refractivity contribution in [2.75, 3.05) is 17.1 Å². The van der Waals surface area contributed by atoms with Gasteiger partial charge in [0.1, 0.15) is 11.5 Å². The van der Waals surface area contributed by atoms with Gasteiger partial charge in [-0.05, 0) is 42.5 Å². The van der Waals surface area contributed by atoms with Gasteiger partial charge in [0.2, 0.25) is 0 Å². The molecule has 0 aromatic heterocycles. The highest BCUT2D eigenvalue weighted by atomic mass is 35.5. The molecule has 0 aliphatic carbocycles. The van der Waals surface area contributed by atoms with Gasteiger partial charge in [0.25, 0.3) is 21.6 Å². The highest BCUT2D eigenvalue weighted by Gasteiger charge is 2.21. The lowest BCUT2D eigenvalue weighted by molar-refractivity contribution is -0.384. The summed E-state index contributed by atoms with van der Waals surface area (Å²) in [7, 11) is -2.80. The van der Waals surface area contributed by atoms with Crippen molar-refractivity contribution in [2.45, 2.75) is 4.90 Å². The fourth-order valence-electron chi connectivity index (χ4n) is 2.73. The number of non-ortho nitro benzene ring substituents is 1. The second-order valence-corrected chi connectivity index (χ2v) is 8.51. The van der Waals surface area contributed by atoms with Crippen LogP contribution in [0.2, 0.25) is 5.02 Å². The van der Waals surface area contributed by atoms with Crippen molar-refractivity contribution in [1.82, 2.24) is 0 Å². The average Bonchev–Trinajstić information content (AvgIpc) is 2.74. The average molecular weight is 478 g/mol. The fourth-order valence-corrected chi connectivity index (χ4v) is 3.99. The molecule has 10 nitrogen and oxygen atoms in total. The minimum Gasteiger partial charge on any atom is -0.506 e. The van der Waals surface area contributed by atoms with E-state index >= 15 is 0 Å². The molecular weight excluding hydrogens is 462 g/mol. The van der Waals surface area contributed by atoms with Crippen LogP contribution in [-0.4, -0.2) is 31.5 Å². The minimum atomic E-state index is -4.09. The number of methoxy groups -OCH3 is 1. The zero-order chi connectivity index (χ0) is 23.5. The van der Waals surface area contributed by atoms with Crippen LogP contribution < -0.4 is 14.8 Å². The molecule has 3 aromatic rings. The summed E-state index contributed by atoms with van der Waals surface area (Å²) in [4.78, 5) is 22.8. The smallest absolute Gasteiger partial charge is 0.270 e. The Bertz CT molecular complexity index is 1310. The molecule has 0 saturated heterocycles. The van der Waals surface area contributed by atoms with Crippen molar-refractivity contribution in [3.8, 4) is 11.5 Å². The summed E-state index contributed by atoms with van der Waals surface area (Å²) in [6.07, 6.45) is 0. The Morgan fingerprint density at radius 3 is 2.53 bits per heavy atom. The van der Waals surface area contributed by atoms with Crippen LogP contribution in [0.3, 0.4) is 0 Å². The SMILES string of the molecule is COc1ccc([N+](=O)[O-])cc1C(=O)Nc1cc(S(=O)(=O)Nc2cccc(Cl)c2)ccc1O. The number of phenolic OH excluding ortho intramolecular Hbond substituents is 1. The van der Waals surface area contributed by atoms with Crippen LogP contribution in [0.5, 0.6) is 11.5 Å². The first-order chi connectivity index (χ1) is 15.1. The van der Waals surface area contributed by atoms with Crippen molar-refractivity contribution < 1.29 is 28.0 Å². The van der Waals surface area contributed by atoms with Crippen LogP contribution in [0, 0.1) is 10.1 Å². The number of hydrogen-bond acceptors (Lipinski definition) is 7. The van der Waals surface area contributed by atoms with Gasteiger partial charge in [0.15, 0.2) is 0 Å². The van der Waals surface area contributed by atoms with E-state index in [1.165, 1.54) is 31.4 Å². The number of hydrogen-bond donors (Lipinski definition) is 3. The number of halogens is 1. The predicted octanol–water partition coefficient (Wildman–Crippen LogP) is 4.02. The number of ether oxygens (including phenoxy) is 1. The molecule has 0 bridgehead atoms. The van der Waals surface area contributed by atoms with Gasteiger partial charge in [0, 0.05) is 17.2 Å². The summed E-state index contributed by atoms with van der Waals surface area (Å²) in [5.74, 6) is -1.21. The maximum Gasteiger partial charge on any atom is 0.270 e. The third-order valence-electron chi connectivity index (χ3n) is 4.24. The maximum atomic E-state index is 12.7. The number of nitrogens with one attached hydrogen (secondary N) is 2. The van der Waals surface area contributed by atoms with Gasteiger partial charge in [-0.2, -0.15) is 0 Å². The van der Waals surface area contributed by atoms with Crippen molar-refractivity contribution in [3.63, 3.8) is 0 Å². The number of nitro benzene ring substituents is 1. The molecule has 32 heavy (non-hydrogen) atoms. The Morgan fingerprint density at radius 2 is 1.88 bits per heavy atom. The van der Waals surface area contributed by atoms with Crippen molar-refractivity contribution in [1.29, 1.82) is 0 Å². The van der Waals surface area contributed by atoms with Gasteiger partial charge in [-0.3, -0.25) is 19.6 Å². The molecule has 166 valence electrons. The number of rotatable bonds is 7. The van der Waals surface area contributed by atoms with Crippen LogP contribution in [0.15, 0.2) is 65.6 Å². The van der Waals surface area contributed by atoms with Crippen LogP contribution in [0.25, 0.3) is 0 Å². The van der Waals surface area contributed by atoms with Crippen LogP contribution in [0.4, 0.5) is 17.1 Å². The van der Waals surface area contributed by atoms with E-state index < -0.39 is 26.6 Å². The summed E-state index contributed by atoms with van der Waals surface area (Å²) in [6, 6.07) is 12.8. The molecule has 0 aliphatic heterocycles. The van der Waals surface area contributed by atoms with Gasteiger partial charge in [-0.15, -0.1) is 0 Å². The minimum absolute atomic E-state index is 0.0546. The van der Waals surface area contributed by atoms with E-state index in [2.05, 4.69) is 10.0 Å². The van der Waals surface area contributed by atoms with E-state index in [4.69, 9.17) is 16.3 Å². The number of carbonyl (C=O) groups is 1. The van der Waals surface area contributed by atoms with Crippen molar-refractivity contribution in [2.24, 2.45) is 0 Å². The molecule has 0 radical (unpaired) electrons. The molecule has 0 atom stereocenters. The number of anilines is 2. The highest BCUT2D eigenvalue weighted by Crippen LogP contribution is 2.30. The molecule has 0 heterocycles. The first-order valence-corrected chi connectivity index (χ1v) is 10.7. The van der Waals surface area contributed by atoms with E-state index in [9.17, 15) is 28.4 Å². The Labute approximate surface area is 187 Å². The standard InChI is InChI=1S/C20H16ClN3O7S/c1-31-19-8-5-14(24(27)28)10-16(19)20(26)22-17-11-15(6-7-18(17)25)32(29,30)23-13-4-2-3-12(21)9-13/h2-11,23,25H,1H3,(H,22,26). The van der Waals surface area contributed by atoms with Crippen LogP contribution in [-0.2, 0) is 10.0 Å². The predicted molar refractivity (Wildman–Crippen MR) is 118 cm³/mol. The number of nitrogens with zero attached hydrogens (tertiary/aromatic N) is 1. The van der Waals surface area contributed by atoms with E-state index in [1.54, 1.807) is 12.1 Å². The largest absolute Gasteiger partial charge is 0.506 e. The number of amides is 1. The zero-order valence-electron chi connectivity index (χ0n) is 16.4. The van der Waals surface area contributed by atoms with Gasteiger partial charge < -0.3 is 15.2 Å². The summed E-state index contributed by atoms with van der Waals surface area (Å²) in [6.45, 7) is 0. The summed E-state index contributed by atoms with van der Waals surface area (Å²) < 4.78 is 32.8. The topological polar surface area (TPSA) is 148 Å². The summed E-state index contributed by atoms with van der Waals surface area (Å²) in [5.41, 5.74) is -0.524. The second-order valence-electron chi connectivity index (χ2n) is 6.39. The van der Waals surface area contributed by atoms with Gasteiger partial charge >= 0.3 is 0 Å². The molecule has 12 heteroatoms. The van der Waals surface area contributed by atoms with E-state index in [0.29, 0.717) is 5.02 Å². The first kappa shape index (κ1) is 22.8. The Hall–Kier alpha value is -3.83. The van der Waals surface area contributed by atoms with Gasteiger partial charge in [0.05, 0.1) is 33.9 Å². The molecule has 0 saturated carbocycles. The lowest BCUT2D eigenvalue weighted by Crippen LogP contribution is -2.16. The van der Waals surface area contributed by atoms with Gasteiger partial charge in [-0.1, -0.05) is 17.7 Å². The number of nitro groups is 1. The summed E-state index contributed by atoms with van der Waals surface area (Å²) in [5, 5.41) is 23.8. The molecule has 0 spiro atoms. The molecule has 1 amide bonds. The number of benzene rings is 3. The van der Waals surface area contributed by atoms with E-state index in [1.807, 2.05) is 0 Å². The number of sulfonamides is 1. The first-order valence-electron chi connectivity index (χ1n) is 8.86. The van der Waals surface area contributed by atoms with Crippen LogP contribution >= 0.6 is 11.6 Å². The fraction of sp³-hybridized carbons (Fsp3) is 0.0500. The van der Waals surface area contributed by atoms with Crippen LogP contribution in [0.1, 0.15) is 10.4 Å². The normalized spacial score (nSPS) is 10.9. The lowest BCUT2D eigenvalue weighted by atomic mass is 10.1. The third kappa shape index (κ3) is 5.07. The van der Waals surface area contributed by atoms with E-state index in [-0.39, 0.29) is 33.3 Å². The lowest BCUT2D eigenvalue weighted by Gasteiger charge is -2.13. The highest BCUT2D eigenvalue weighted by molar-refractivity contribution is 7.92. The molecule has 0 unspecified atom stereocenters. The zero-order valence-corrected chi connectivity index (χ0v) is 18.0. The quantitative estimate of drug-likeness (QED) is 0.264. The monoisotopic (exact) mass is 477 g/mol. The maximum absolute atomic E-state index is 12.7. The Morgan fingerprint density at radius 1 is 1.12 bits per heavy atom. The Kier molecular flexibility index (Phi) is 6.51. The number of phenols is 1. The van der Waals surface area contributed by atoms with E-state index in [0.717, 1.165) is 24.3 Å². The second kappa shape index (κ2) is 9.12. The molecule has 3 aromatic carbocycles. The van der Waals surface area contributed by atoms with Crippen molar-refractivity contribution in [3.05, 3.63) is 81.4 Å². The third-order valence-corrected chi connectivity index (χ3v) is 5.86. The summed E-state index contributed by atoms with van der Waals surface area (Å²) >= 11 is 5.87.